The highest BCUT2D eigenvalue weighted by Crippen LogP contribution is 2.49. The standard InChI is InChI=1S/C19H19F3N2O3/c20-19(21,22)13-3-1-2-12(10-13)16-15(23-11-27-16)17(26)24-8-6-18(7-9-24)5-4-14(18)25/h1-3,10-11,14,25H,4-9H2. The number of amides is 1. The van der Waals surface area contributed by atoms with Gasteiger partial charge < -0.3 is 14.4 Å². The largest absolute Gasteiger partial charge is 0.443 e. The molecule has 1 N–H and O–H groups in total. The number of nitrogens with zero attached hydrogens (tertiary/aromatic N) is 2. The van der Waals surface area contributed by atoms with Crippen LogP contribution in [0.2, 0.25) is 0 Å². The number of aromatic nitrogens is 1. The van der Waals surface area contributed by atoms with Gasteiger partial charge in [0.15, 0.2) is 17.8 Å². The second-order valence-electron chi connectivity index (χ2n) is 7.32. The van der Waals surface area contributed by atoms with E-state index in [0.29, 0.717) is 13.1 Å². The zero-order valence-corrected chi connectivity index (χ0v) is 14.5. The van der Waals surface area contributed by atoms with Crippen LogP contribution in [0.1, 0.15) is 41.7 Å². The van der Waals surface area contributed by atoms with Crippen LogP contribution in [-0.4, -0.2) is 40.1 Å². The fourth-order valence-corrected chi connectivity index (χ4v) is 4.01. The predicted octanol–water partition coefficient (Wildman–Crippen LogP) is 3.74. The third-order valence-electron chi connectivity index (χ3n) is 5.89. The third kappa shape index (κ3) is 3.12. The summed E-state index contributed by atoms with van der Waals surface area (Å²) in [6.07, 6.45) is -0.503. The van der Waals surface area contributed by atoms with Crippen LogP contribution in [0.5, 0.6) is 0 Å². The number of oxazole rings is 1. The molecule has 2 fully saturated rings. The number of alkyl halides is 3. The molecule has 2 aliphatic rings. The Morgan fingerprint density at radius 3 is 2.59 bits per heavy atom. The number of piperidine rings is 1. The van der Waals surface area contributed by atoms with E-state index in [-0.39, 0.29) is 34.4 Å². The Balaban J connectivity index is 1.55. The molecule has 1 saturated carbocycles. The molecule has 5 nitrogen and oxygen atoms in total. The maximum absolute atomic E-state index is 13.0. The van der Waals surface area contributed by atoms with Crippen LogP contribution in [0.15, 0.2) is 35.1 Å². The van der Waals surface area contributed by atoms with E-state index in [9.17, 15) is 23.1 Å². The molecule has 4 rings (SSSR count). The maximum Gasteiger partial charge on any atom is 0.416 e. The third-order valence-corrected chi connectivity index (χ3v) is 5.89. The van der Waals surface area contributed by atoms with Gasteiger partial charge in [-0.2, -0.15) is 13.2 Å². The summed E-state index contributed by atoms with van der Waals surface area (Å²) in [7, 11) is 0. The molecule has 1 spiro atoms. The lowest BCUT2D eigenvalue weighted by molar-refractivity contribution is -0.137. The van der Waals surface area contributed by atoms with Gasteiger partial charge in [0.1, 0.15) is 0 Å². The molecular weight excluding hydrogens is 361 g/mol. The second kappa shape index (κ2) is 6.37. The van der Waals surface area contributed by atoms with Crippen LogP contribution < -0.4 is 0 Å². The molecule has 27 heavy (non-hydrogen) atoms. The number of benzene rings is 1. The first-order valence-electron chi connectivity index (χ1n) is 8.89. The Bertz CT molecular complexity index is 854. The predicted molar refractivity (Wildman–Crippen MR) is 89.8 cm³/mol. The van der Waals surface area contributed by atoms with E-state index in [1.165, 1.54) is 12.1 Å². The summed E-state index contributed by atoms with van der Waals surface area (Å²) < 4.78 is 44.1. The summed E-state index contributed by atoms with van der Waals surface area (Å²) in [5.74, 6) is -0.324. The van der Waals surface area contributed by atoms with Gasteiger partial charge in [0.2, 0.25) is 0 Å². The topological polar surface area (TPSA) is 66.6 Å². The Hall–Kier alpha value is -2.35. The Morgan fingerprint density at radius 2 is 2.00 bits per heavy atom. The van der Waals surface area contributed by atoms with Gasteiger partial charge in [0.25, 0.3) is 5.91 Å². The van der Waals surface area contributed by atoms with E-state index in [1.54, 1.807) is 4.90 Å². The summed E-state index contributed by atoms with van der Waals surface area (Å²) in [4.78, 5) is 18.4. The number of rotatable bonds is 2. The van der Waals surface area contributed by atoms with Crippen molar-refractivity contribution in [2.45, 2.75) is 38.0 Å². The first-order valence-corrected chi connectivity index (χ1v) is 8.89. The lowest BCUT2D eigenvalue weighted by Crippen LogP contribution is -2.53. The number of hydrogen-bond donors (Lipinski definition) is 1. The van der Waals surface area contributed by atoms with Gasteiger partial charge in [-0.3, -0.25) is 4.79 Å². The molecule has 144 valence electrons. The molecule has 8 heteroatoms. The van der Waals surface area contributed by atoms with Crippen molar-refractivity contribution in [2.24, 2.45) is 5.41 Å². The molecule has 0 bridgehead atoms. The Labute approximate surface area is 153 Å². The number of aliphatic hydroxyl groups is 1. The van der Waals surface area contributed by atoms with Crippen LogP contribution in [0, 0.1) is 5.41 Å². The molecule has 1 amide bonds. The molecule has 1 aromatic heterocycles. The number of hydrogen-bond acceptors (Lipinski definition) is 4. The monoisotopic (exact) mass is 380 g/mol. The van der Waals surface area contributed by atoms with E-state index >= 15 is 0 Å². The molecule has 1 aromatic carbocycles. The van der Waals surface area contributed by atoms with Gasteiger partial charge >= 0.3 is 6.18 Å². The van der Waals surface area contributed by atoms with Crippen molar-refractivity contribution in [3.63, 3.8) is 0 Å². The van der Waals surface area contributed by atoms with E-state index in [4.69, 9.17) is 4.42 Å². The minimum absolute atomic E-state index is 0.0134. The second-order valence-corrected chi connectivity index (χ2v) is 7.32. The van der Waals surface area contributed by atoms with Gasteiger partial charge in [-0.05, 0) is 43.2 Å². The number of aliphatic hydroxyl groups excluding tert-OH is 1. The average Bonchev–Trinajstić information content (AvgIpc) is 3.15. The molecule has 1 aliphatic heterocycles. The number of likely N-dealkylation sites (tertiary alicyclic amines) is 1. The molecule has 2 heterocycles. The summed E-state index contributed by atoms with van der Waals surface area (Å²) in [5, 5.41) is 9.99. The van der Waals surface area contributed by atoms with Gasteiger partial charge in [0.05, 0.1) is 11.7 Å². The highest BCUT2D eigenvalue weighted by Gasteiger charge is 2.48. The fourth-order valence-electron chi connectivity index (χ4n) is 4.01. The van der Waals surface area contributed by atoms with E-state index in [0.717, 1.165) is 44.2 Å². The average molecular weight is 380 g/mol. The van der Waals surface area contributed by atoms with Gasteiger partial charge in [0, 0.05) is 18.7 Å². The highest BCUT2D eigenvalue weighted by molar-refractivity contribution is 5.97. The fraction of sp³-hybridized carbons (Fsp3) is 0.474. The smallest absolute Gasteiger partial charge is 0.416 e. The number of halogens is 3. The van der Waals surface area contributed by atoms with E-state index < -0.39 is 11.7 Å². The molecule has 0 radical (unpaired) electrons. The van der Waals surface area contributed by atoms with Crippen molar-refractivity contribution in [1.82, 2.24) is 9.88 Å². The summed E-state index contributed by atoms with van der Waals surface area (Å²) >= 11 is 0. The molecular formula is C19H19F3N2O3. The minimum Gasteiger partial charge on any atom is -0.443 e. The lowest BCUT2D eigenvalue weighted by atomic mass is 9.61. The summed E-state index contributed by atoms with van der Waals surface area (Å²) in [6.45, 7) is 0.982. The number of carbonyl (C=O) groups excluding carboxylic acids is 1. The van der Waals surface area contributed by atoms with Crippen LogP contribution in [0.3, 0.4) is 0 Å². The first kappa shape index (κ1) is 18.0. The molecule has 1 saturated heterocycles. The SMILES string of the molecule is O=C(c1ncoc1-c1cccc(C(F)(F)F)c1)N1CCC2(CCC2O)CC1. The Morgan fingerprint density at radius 1 is 1.26 bits per heavy atom. The quantitative estimate of drug-likeness (QED) is 0.862. The summed E-state index contributed by atoms with van der Waals surface area (Å²) in [6, 6.07) is 4.66. The van der Waals surface area contributed by atoms with Crippen molar-refractivity contribution >= 4 is 5.91 Å². The normalized spacial score (nSPS) is 21.9. The first-order chi connectivity index (χ1) is 12.8. The molecule has 1 aliphatic carbocycles. The van der Waals surface area contributed by atoms with Gasteiger partial charge in [-0.25, -0.2) is 4.98 Å². The van der Waals surface area contributed by atoms with Crippen molar-refractivity contribution in [3.8, 4) is 11.3 Å². The van der Waals surface area contributed by atoms with Crippen molar-refractivity contribution in [3.05, 3.63) is 41.9 Å². The minimum atomic E-state index is -4.48. The Kier molecular flexibility index (Phi) is 4.25. The van der Waals surface area contributed by atoms with Gasteiger partial charge in [-0.1, -0.05) is 12.1 Å². The van der Waals surface area contributed by atoms with Crippen LogP contribution in [0.4, 0.5) is 13.2 Å². The van der Waals surface area contributed by atoms with E-state index in [1.807, 2.05) is 0 Å². The maximum atomic E-state index is 13.0. The van der Waals surface area contributed by atoms with Crippen molar-refractivity contribution in [1.29, 1.82) is 0 Å². The zero-order valence-electron chi connectivity index (χ0n) is 14.5. The van der Waals surface area contributed by atoms with E-state index in [2.05, 4.69) is 4.98 Å². The van der Waals surface area contributed by atoms with Gasteiger partial charge in [-0.15, -0.1) is 0 Å². The van der Waals surface area contributed by atoms with Crippen molar-refractivity contribution < 1.29 is 27.5 Å². The lowest BCUT2D eigenvalue weighted by Gasteiger charge is -2.51. The van der Waals surface area contributed by atoms with Crippen LogP contribution in [0.25, 0.3) is 11.3 Å². The zero-order chi connectivity index (χ0) is 19.2. The van der Waals surface area contributed by atoms with Crippen molar-refractivity contribution in [2.75, 3.05) is 13.1 Å². The van der Waals surface area contributed by atoms with Crippen LogP contribution >= 0.6 is 0 Å². The molecule has 1 atom stereocenters. The molecule has 2 aromatic rings. The highest BCUT2D eigenvalue weighted by atomic mass is 19.4. The summed E-state index contributed by atoms with van der Waals surface area (Å²) in [5.41, 5.74) is -0.716. The van der Waals surface area contributed by atoms with Crippen LogP contribution in [-0.2, 0) is 6.18 Å². The molecule has 1 unspecified atom stereocenters. The number of carbonyl (C=O) groups is 1.